The molecule has 1 fully saturated rings. The zero-order valence-corrected chi connectivity index (χ0v) is 13.7. The Hall–Kier alpha value is -1.65. The van der Waals surface area contributed by atoms with Crippen LogP contribution in [0.4, 0.5) is 10.8 Å². The SMILES string of the molecule is N#Cc1cccc(Br)c1N1CCC(c2nnc(N)s2)CC1. The van der Waals surface area contributed by atoms with Gasteiger partial charge in [-0.3, -0.25) is 0 Å². The molecule has 0 radical (unpaired) electrons. The second-order valence-electron chi connectivity index (χ2n) is 4.99. The van der Waals surface area contributed by atoms with Gasteiger partial charge in [0.1, 0.15) is 11.1 Å². The number of nitriles is 1. The molecule has 1 saturated heterocycles. The van der Waals surface area contributed by atoms with Gasteiger partial charge in [0.25, 0.3) is 0 Å². The molecule has 2 aromatic rings. The van der Waals surface area contributed by atoms with E-state index in [1.807, 2.05) is 18.2 Å². The highest BCUT2D eigenvalue weighted by Crippen LogP contribution is 2.36. The van der Waals surface area contributed by atoms with Crippen LogP contribution in [0.2, 0.25) is 0 Å². The van der Waals surface area contributed by atoms with Crippen molar-refractivity contribution < 1.29 is 0 Å². The lowest BCUT2D eigenvalue weighted by Gasteiger charge is -2.33. The fraction of sp³-hybridized carbons (Fsp3) is 0.357. The molecule has 3 rings (SSSR count). The summed E-state index contributed by atoms with van der Waals surface area (Å²) < 4.78 is 0.972. The lowest BCUT2D eigenvalue weighted by Crippen LogP contribution is -2.33. The average molecular weight is 364 g/mol. The topological polar surface area (TPSA) is 78.8 Å². The molecule has 0 saturated carbocycles. The molecule has 21 heavy (non-hydrogen) atoms. The van der Waals surface area contributed by atoms with E-state index in [1.54, 1.807) is 0 Å². The lowest BCUT2D eigenvalue weighted by atomic mass is 9.96. The summed E-state index contributed by atoms with van der Waals surface area (Å²) in [5.41, 5.74) is 7.36. The average Bonchev–Trinajstić information content (AvgIpc) is 2.94. The van der Waals surface area contributed by atoms with Crippen LogP contribution in [-0.2, 0) is 0 Å². The number of aromatic nitrogens is 2. The van der Waals surface area contributed by atoms with Gasteiger partial charge in [-0.2, -0.15) is 5.26 Å². The Bertz CT molecular complexity index is 685. The van der Waals surface area contributed by atoms with E-state index in [2.05, 4.69) is 37.1 Å². The standard InChI is InChI=1S/C14H14BrN5S/c15-11-3-1-2-10(8-16)12(11)20-6-4-9(5-7-20)13-18-19-14(17)21-13/h1-3,9H,4-7H2,(H2,17,19). The summed E-state index contributed by atoms with van der Waals surface area (Å²) in [5, 5.41) is 18.9. The van der Waals surface area contributed by atoms with Crippen LogP contribution in [0.1, 0.15) is 29.3 Å². The summed E-state index contributed by atoms with van der Waals surface area (Å²) in [6.07, 6.45) is 2.00. The van der Waals surface area contributed by atoms with Crippen LogP contribution in [0.15, 0.2) is 22.7 Å². The summed E-state index contributed by atoms with van der Waals surface area (Å²) in [5.74, 6) is 0.420. The van der Waals surface area contributed by atoms with Crippen molar-refractivity contribution in [3.63, 3.8) is 0 Å². The van der Waals surface area contributed by atoms with Crippen LogP contribution in [0.3, 0.4) is 0 Å². The normalized spacial score (nSPS) is 15.9. The maximum atomic E-state index is 9.28. The Morgan fingerprint density at radius 3 is 2.71 bits per heavy atom. The minimum atomic E-state index is 0.420. The van der Waals surface area contributed by atoms with Gasteiger partial charge < -0.3 is 10.6 Å². The number of para-hydroxylation sites is 1. The Kier molecular flexibility index (Phi) is 4.08. The van der Waals surface area contributed by atoms with E-state index in [0.29, 0.717) is 16.6 Å². The predicted molar refractivity (Wildman–Crippen MR) is 87.4 cm³/mol. The summed E-state index contributed by atoms with van der Waals surface area (Å²) in [6, 6.07) is 8.00. The van der Waals surface area contributed by atoms with Gasteiger partial charge in [0.2, 0.25) is 5.13 Å². The second-order valence-corrected chi connectivity index (χ2v) is 6.88. The molecule has 0 spiro atoms. The number of rotatable bonds is 2. The smallest absolute Gasteiger partial charge is 0.203 e. The molecule has 0 amide bonds. The number of benzene rings is 1. The maximum Gasteiger partial charge on any atom is 0.203 e. The van der Waals surface area contributed by atoms with E-state index in [-0.39, 0.29) is 0 Å². The molecule has 5 nitrogen and oxygen atoms in total. The number of hydrogen-bond acceptors (Lipinski definition) is 6. The van der Waals surface area contributed by atoms with Crippen LogP contribution in [0, 0.1) is 11.3 Å². The van der Waals surface area contributed by atoms with E-state index < -0.39 is 0 Å². The number of nitrogen functional groups attached to an aromatic ring is 1. The van der Waals surface area contributed by atoms with E-state index in [4.69, 9.17) is 5.73 Å². The first-order valence-corrected chi connectivity index (χ1v) is 8.32. The molecule has 2 N–H and O–H groups in total. The Morgan fingerprint density at radius 1 is 1.33 bits per heavy atom. The third-order valence-electron chi connectivity index (χ3n) is 3.72. The number of anilines is 2. The quantitative estimate of drug-likeness (QED) is 0.886. The number of halogens is 1. The molecule has 0 atom stereocenters. The van der Waals surface area contributed by atoms with E-state index >= 15 is 0 Å². The highest BCUT2D eigenvalue weighted by Gasteiger charge is 2.25. The van der Waals surface area contributed by atoms with Crippen molar-refractivity contribution in [1.29, 1.82) is 5.26 Å². The third kappa shape index (κ3) is 2.87. The summed E-state index contributed by atoms with van der Waals surface area (Å²) in [6.45, 7) is 1.81. The Morgan fingerprint density at radius 2 is 2.10 bits per heavy atom. The fourth-order valence-corrected chi connectivity index (χ4v) is 4.09. The molecule has 0 unspecified atom stereocenters. The molecule has 108 valence electrons. The minimum absolute atomic E-state index is 0.420. The predicted octanol–water partition coefficient (Wildman–Crippen LogP) is 3.14. The zero-order valence-electron chi connectivity index (χ0n) is 11.3. The molecular formula is C14H14BrN5S. The largest absolute Gasteiger partial charge is 0.374 e. The van der Waals surface area contributed by atoms with Crippen LogP contribution >= 0.6 is 27.3 Å². The summed E-state index contributed by atoms with van der Waals surface area (Å²) in [4.78, 5) is 2.27. The summed E-state index contributed by atoms with van der Waals surface area (Å²) >= 11 is 5.03. The van der Waals surface area contributed by atoms with Gasteiger partial charge in [-0.15, -0.1) is 10.2 Å². The first-order valence-electron chi connectivity index (χ1n) is 6.71. The number of nitrogens with two attached hydrogens (primary N) is 1. The number of nitrogens with zero attached hydrogens (tertiary/aromatic N) is 4. The third-order valence-corrected chi connectivity index (χ3v) is 5.28. The molecule has 1 aromatic heterocycles. The van der Waals surface area contributed by atoms with Gasteiger partial charge in [-0.05, 0) is 40.9 Å². The van der Waals surface area contributed by atoms with Crippen molar-refractivity contribution >= 4 is 38.1 Å². The second kappa shape index (κ2) is 6.00. The molecule has 1 aromatic carbocycles. The minimum Gasteiger partial charge on any atom is -0.374 e. The van der Waals surface area contributed by atoms with Gasteiger partial charge in [-0.1, -0.05) is 17.4 Å². The molecule has 1 aliphatic heterocycles. The van der Waals surface area contributed by atoms with Crippen molar-refractivity contribution in [2.24, 2.45) is 0 Å². The Labute approximate surface area is 135 Å². The molecule has 0 bridgehead atoms. The van der Waals surface area contributed by atoms with Crippen molar-refractivity contribution in [3.8, 4) is 6.07 Å². The first kappa shape index (κ1) is 14.3. The van der Waals surface area contributed by atoms with Crippen LogP contribution < -0.4 is 10.6 Å². The van der Waals surface area contributed by atoms with E-state index in [9.17, 15) is 5.26 Å². The van der Waals surface area contributed by atoms with Gasteiger partial charge in [0.05, 0.1) is 11.3 Å². The first-order chi connectivity index (χ1) is 10.2. The molecule has 7 heteroatoms. The van der Waals surface area contributed by atoms with Gasteiger partial charge >= 0.3 is 0 Å². The highest BCUT2D eigenvalue weighted by molar-refractivity contribution is 9.10. The van der Waals surface area contributed by atoms with E-state index in [1.165, 1.54) is 11.3 Å². The monoisotopic (exact) mass is 363 g/mol. The molecular weight excluding hydrogens is 350 g/mol. The van der Waals surface area contributed by atoms with Crippen molar-refractivity contribution in [3.05, 3.63) is 33.2 Å². The Balaban J connectivity index is 1.76. The van der Waals surface area contributed by atoms with Crippen LogP contribution in [0.25, 0.3) is 0 Å². The van der Waals surface area contributed by atoms with E-state index in [0.717, 1.165) is 41.1 Å². The van der Waals surface area contributed by atoms with Crippen molar-refractivity contribution in [1.82, 2.24) is 10.2 Å². The van der Waals surface area contributed by atoms with Gasteiger partial charge in [0.15, 0.2) is 0 Å². The fourth-order valence-electron chi connectivity index (χ4n) is 2.69. The zero-order chi connectivity index (χ0) is 14.8. The molecule has 1 aliphatic rings. The van der Waals surface area contributed by atoms with Gasteiger partial charge in [0, 0.05) is 23.5 Å². The number of hydrogen-bond donors (Lipinski definition) is 1. The number of piperidine rings is 1. The lowest BCUT2D eigenvalue weighted by molar-refractivity contribution is 0.500. The van der Waals surface area contributed by atoms with Crippen molar-refractivity contribution in [2.45, 2.75) is 18.8 Å². The maximum absolute atomic E-state index is 9.28. The van der Waals surface area contributed by atoms with Crippen LogP contribution in [0.5, 0.6) is 0 Å². The van der Waals surface area contributed by atoms with Crippen molar-refractivity contribution in [2.75, 3.05) is 23.7 Å². The molecule has 2 heterocycles. The molecule has 0 aliphatic carbocycles. The highest BCUT2D eigenvalue weighted by atomic mass is 79.9. The summed E-state index contributed by atoms with van der Waals surface area (Å²) in [7, 11) is 0. The van der Waals surface area contributed by atoms with Gasteiger partial charge in [-0.25, -0.2) is 0 Å². The van der Waals surface area contributed by atoms with Crippen LogP contribution in [-0.4, -0.2) is 23.3 Å².